The number of hydrogen-bond acceptors (Lipinski definition) is 3. The van der Waals surface area contributed by atoms with E-state index >= 15 is 0 Å². The summed E-state index contributed by atoms with van der Waals surface area (Å²) in [7, 11) is 0. The van der Waals surface area contributed by atoms with E-state index in [1.165, 1.54) is 0 Å². The van der Waals surface area contributed by atoms with E-state index < -0.39 is 0 Å². The first kappa shape index (κ1) is 13.3. The molecular formula is C14H18N4O. The number of nitrogens with one attached hydrogen (secondary N) is 1. The number of nitrogens with zero attached hydrogens (tertiary/aromatic N) is 3. The Hall–Kier alpha value is -2.17. The van der Waals surface area contributed by atoms with Crippen LogP contribution in [0.15, 0.2) is 30.6 Å². The van der Waals surface area contributed by atoms with Gasteiger partial charge in [0.05, 0.1) is 0 Å². The van der Waals surface area contributed by atoms with E-state index in [-0.39, 0.29) is 11.9 Å². The van der Waals surface area contributed by atoms with Gasteiger partial charge in [0.2, 0.25) is 0 Å². The maximum atomic E-state index is 12.0. The van der Waals surface area contributed by atoms with Crippen LogP contribution in [-0.4, -0.2) is 20.7 Å². The van der Waals surface area contributed by atoms with Gasteiger partial charge in [0.15, 0.2) is 0 Å². The fourth-order valence-corrected chi connectivity index (χ4v) is 1.90. The molecule has 1 N–H and O–H groups in total. The molecule has 0 atom stereocenters. The quantitative estimate of drug-likeness (QED) is 0.913. The Labute approximate surface area is 112 Å². The molecule has 0 fully saturated rings. The first-order chi connectivity index (χ1) is 9.08. The minimum Gasteiger partial charge on any atom is -0.347 e. The molecule has 2 heterocycles. The third-order valence-electron chi connectivity index (χ3n) is 2.85. The van der Waals surface area contributed by atoms with Crippen molar-refractivity contribution >= 4 is 5.91 Å². The first-order valence-electron chi connectivity index (χ1n) is 6.31. The highest BCUT2D eigenvalue weighted by atomic mass is 16.1. The van der Waals surface area contributed by atoms with Gasteiger partial charge in [-0.3, -0.25) is 14.5 Å². The van der Waals surface area contributed by atoms with E-state index in [4.69, 9.17) is 0 Å². The minimum atomic E-state index is -0.153. The third-order valence-corrected chi connectivity index (χ3v) is 2.85. The zero-order chi connectivity index (χ0) is 13.8. The molecule has 0 aromatic carbocycles. The molecule has 0 saturated carbocycles. The lowest BCUT2D eigenvalue weighted by molar-refractivity contribution is 0.0945. The molecule has 0 unspecified atom stereocenters. The number of rotatable bonds is 4. The van der Waals surface area contributed by atoms with Crippen LogP contribution in [0.4, 0.5) is 0 Å². The van der Waals surface area contributed by atoms with E-state index in [9.17, 15) is 4.79 Å². The van der Waals surface area contributed by atoms with Gasteiger partial charge in [-0.05, 0) is 44.5 Å². The van der Waals surface area contributed by atoms with Gasteiger partial charge in [0.25, 0.3) is 5.91 Å². The van der Waals surface area contributed by atoms with Crippen molar-refractivity contribution in [2.24, 2.45) is 0 Å². The lowest BCUT2D eigenvalue weighted by atomic mass is 10.2. The Kier molecular flexibility index (Phi) is 3.94. The average Bonchev–Trinajstić information content (AvgIpc) is 2.79. The maximum absolute atomic E-state index is 12.0. The molecule has 2 rings (SSSR count). The number of pyridine rings is 1. The van der Waals surface area contributed by atoms with E-state index in [1.54, 1.807) is 12.4 Å². The zero-order valence-electron chi connectivity index (χ0n) is 11.4. The topological polar surface area (TPSA) is 59.8 Å². The standard InChI is InChI=1S/C14H18N4O/c1-10(2)18-11(3)8-13(17-18)14(19)16-9-12-4-6-15-7-5-12/h4-8,10H,9H2,1-3H3,(H,16,19). The van der Waals surface area contributed by atoms with Crippen LogP contribution in [0.1, 0.15) is 41.6 Å². The summed E-state index contributed by atoms with van der Waals surface area (Å²) < 4.78 is 1.85. The van der Waals surface area contributed by atoms with Crippen LogP contribution in [0.2, 0.25) is 0 Å². The molecule has 2 aromatic rings. The van der Waals surface area contributed by atoms with Gasteiger partial charge in [0, 0.05) is 30.7 Å². The van der Waals surface area contributed by atoms with Crippen LogP contribution in [0.5, 0.6) is 0 Å². The molecule has 0 saturated heterocycles. The molecule has 100 valence electrons. The molecular weight excluding hydrogens is 240 g/mol. The van der Waals surface area contributed by atoms with Gasteiger partial charge < -0.3 is 5.32 Å². The maximum Gasteiger partial charge on any atom is 0.272 e. The summed E-state index contributed by atoms with van der Waals surface area (Å²) in [6.07, 6.45) is 3.41. The van der Waals surface area contributed by atoms with Crippen molar-refractivity contribution < 1.29 is 4.79 Å². The third kappa shape index (κ3) is 3.19. The van der Waals surface area contributed by atoms with Crippen molar-refractivity contribution in [2.45, 2.75) is 33.4 Å². The normalized spacial score (nSPS) is 10.7. The molecule has 1 amide bonds. The summed E-state index contributed by atoms with van der Waals surface area (Å²) in [5.74, 6) is -0.153. The second-order valence-electron chi connectivity index (χ2n) is 4.75. The van der Waals surface area contributed by atoms with Crippen molar-refractivity contribution in [2.75, 3.05) is 0 Å². The van der Waals surface area contributed by atoms with Crippen molar-refractivity contribution in [3.05, 3.63) is 47.5 Å². The van der Waals surface area contributed by atoms with Crippen molar-refractivity contribution in [1.82, 2.24) is 20.1 Å². The molecule has 0 spiro atoms. The lowest BCUT2D eigenvalue weighted by Gasteiger charge is -2.07. The van der Waals surface area contributed by atoms with Gasteiger partial charge in [0.1, 0.15) is 5.69 Å². The fraction of sp³-hybridized carbons (Fsp3) is 0.357. The SMILES string of the molecule is Cc1cc(C(=O)NCc2ccncc2)nn1C(C)C. The number of amides is 1. The summed E-state index contributed by atoms with van der Waals surface area (Å²) >= 11 is 0. The predicted octanol–water partition coefficient (Wildman–Crippen LogP) is 2.10. The van der Waals surface area contributed by atoms with Crippen molar-refractivity contribution in [1.29, 1.82) is 0 Å². The Bertz CT molecular complexity index is 560. The van der Waals surface area contributed by atoms with Crippen LogP contribution in [-0.2, 0) is 6.54 Å². The summed E-state index contributed by atoms with van der Waals surface area (Å²) in [5, 5.41) is 7.17. The number of aryl methyl sites for hydroxylation is 1. The Morgan fingerprint density at radius 2 is 2.05 bits per heavy atom. The van der Waals surface area contributed by atoms with Gasteiger partial charge in [-0.2, -0.15) is 5.10 Å². The Morgan fingerprint density at radius 3 is 2.63 bits per heavy atom. The molecule has 5 heteroatoms. The molecule has 0 bridgehead atoms. The van der Waals surface area contributed by atoms with Gasteiger partial charge in [-0.15, -0.1) is 0 Å². The van der Waals surface area contributed by atoms with E-state index in [0.717, 1.165) is 11.3 Å². The van der Waals surface area contributed by atoms with Gasteiger partial charge in [-0.25, -0.2) is 0 Å². The molecule has 19 heavy (non-hydrogen) atoms. The Balaban J connectivity index is 2.02. The number of aromatic nitrogens is 3. The van der Waals surface area contributed by atoms with Gasteiger partial charge >= 0.3 is 0 Å². The summed E-state index contributed by atoms with van der Waals surface area (Å²) in [5.41, 5.74) is 2.47. The van der Waals surface area contributed by atoms with Crippen LogP contribution >= 0.6 is 0 Å². The predicted molar refractivity (Wildman–Crippen MR) is 72.8 cm³/mol. The highest BCUT2D eigenvalue weighted by molar-refractivity contribution is 5.92. The largest absolute Gasteiger partial charge is 0.347 e. The lowest BCUT2D eigenvalue weighted by Crippen LogP contribution is -2.23. The minimum absolute atomic E-state index is 0.153. The number of carbonyl (C=O) groups is 1. The molecule has 0 aliphatic carbocycles. The highest BCUT2D eigenvalue weighted by Gasteiger charge is 2.13. The van der Waals surface area contributed by atoms with Crippen molar-refractivity contribution in [3.63, 3.8) is 0 Å². The number of hydrogen-bond donors (Lipinski definition) is 1. The van der Waals surface area contributed by atoms with Crippen molar-refractivity contribution in [3.8, 4) is 0 Å². The van der Waals surface area contributed by atoms with Gasteiger partial charge in [-0.1, -0.05) is 0 Å². The van der Waals surface area contributed by atoms with E-state index in [1.807, 2.05) is 43.7 Å². The first-order valence-corrected chi connectivity index (χ1v) is 6.31. The Morgan fingerprint density at radius 1 is 1.37 bits per heavy atom. The zero-order valence-corrected chi connectivity index (χ0v) is 11.4. The summed E-state index contributed by atoms with van der Waals surface area (Å²) in [4.78, 5) is 15.9. The summed E-state index contributed by atoms with van der Waals surface area (Å²) in [6.45, 7) is 6.51. The molecule has 5 nitrogen and oxygen atoms in total. The molecule has 0 aliphatic rings. The van der Waals surface area contributed by atoms with E-state index in [2.05, 4.69) is 15.4 Å². The summed E-state index contributed by atoms with van der Waals surface area (Å²) in [6, 6.07) is 5.81. The van der Waals surface area contributed by atoms with Crippen LogP contribution < -0.4 is 5.32 Å². The second kappa shape index (κ2) is 5.65. The monoisotopic (exact) mass is 258 g/mol. The molecule has 0 aliphatic heterocycles. The molecule has 2 aromatic heterocycles. The average molecular weight is 258 g/mol. The van der Waals surface area contributed by atoms with Crippen LogP contribution in [0.25, 0.3) is 0 Å². The fourth-order valence-electron chi connectivity index (χ4n) is 1.90. The number of carbonyl (C=O) groups excluding carboxylic acids is 1. The van der Waals surface area contributed by atoms with Crippen LogP contribution in [0, 0.1) is 6.92 Å². The second-order valence-corrected chi connectivity index (χ2v) is 4.75. The van der Waals surface area contributed by atoms with Crippen LogP contribution in [0.3, 0.4) is 0 Å². The molecule has 0 radical (unpaired) electrons. The smallest absolute Gasteiger partial charge is 0.272 e. The van der Waals surface area contributed by atoms with E-state index in [0.29, 0.717) is 12.2 Å². The highest BCUT2D eigenvalue weighted by Crippen LogP contribution is 2.10.